The second-order valence-electron chi connectivity index (χ2n) is 12.3. The summed E-state index contributed by atoms with van der Waals surface area (Å²) in [6.07, 6.45) is 2.37. The third-order valence-corrected chi connectivity index (χ3v) is 8.01. The molecule has 0 radical (unpaired) electrons. The lowest BCUT2D eigenvalue weighted by Crippen LogP contribution is -2.55. The Bertz CT molecular complexity index is 1700. The van der Waals surface area contributed by atoms with E-state index in [-0.39, 0.29) is 51.3 Å². The molecule has 0 aliphatic rings. The van der Waals surface area contributed by atoms with Gasteiger partial charge in [0.1, 0.15) is 24.2 Å². The van der Waals surface area contributed by atoms with E-state index in [1.54, 1.807) is 18.3 Å². The van der Waals surface area contributed by atoms with Crippen LogP contribution in [0.1, 0.15) is 31.2 Å². The molecule has 7 amide bonds. The second-order valence-corrected chi connectivity index (χ2v) is 12.3. The first-order chi connectivity index (χ1) is 26.7. The maximum Gasteiger partial charge on any atom is 0.326 e. The number of carboxylic acids is 1. The molecular weight excluding hydrogens is 738 g/mol. The van der Waals surface area contributed by atoms with Gasteiger partial charge in [-0.2, -0.15) is 0 Å². The molecular formula is C33H51N13O10. The van der Waals surface area contributed by atoms with E-state index in [9.17, 15) is 48.6 Å². The Morgan fingerprint density at radius 2 is 1.20 bits per heavy atom. The van der Waals surface area contributed by atoms with Crippen molar-refractivity contribution in [1.82, 2.24) is 47.5 Å². The fourth-order valence-electron chi connectivity index (χ4n) is 5.16. The Kier molecular flexibility index (Phi) is 19.8. The molecule has 308 valence electrons. The van der Waals surface area contributed by atoms with E-state index in [4.69, 9.17) is 22.6 Å². The van der Waals surface area contributed by atoms with E-state index in [2.05, 4.69) is 47.5 Å². The topological polar surface area (TPSA) is 391 Å². The normalized spacial score (nSPS) is 12.8. The van der Waals surface area contributed by atoms with Crippen LogP contribution < -0.4 is 59.7 Å². The third-order valence-electron chi connectivity index (χ3n) is 8.01. The van der Waals surface area contributed by atoms with Crippen molar-refractivity contribution in [3.63, 3.8) is 0 Å². The van der Waals surface area contributed by atoms with Crippen LogP contribution in [0.15, 0.2) is 30.5 Å². The summed E-state index contributed by atoms with van der Waals surface area (Å²) in [6.45, 7) is -2.85. The van der Waals surface area contributed by atoms with Gasteiger partial charge in [0.15, 0.2) is 5.96 Å². The summed E-state index contributed by atoms with van der Waals surface area (Å²) >= 11 is 0. The maximum atomic E-state index is 13.0. The summed E-state index contributed by atoms with van der Waals surface area (Å²) in [5.41, 5.74) is 17.5. The number of aliphatic hydroxyl groups excluding tert-OH is 1. The van der Waals surface area contributed by atoms with Gasteiger partial charge in [-0.3, -0.25) is 39.0 Å². The van der Waals surface area contributed by atoms with Gasteiger partial charge in [0, 0.05) is 30.1 Å². The Morgan fingerprint density at radius 3 is 1.71 bits per heavy atom. The SMILES string of the molecule is N=C(N)NCCCC(NC(=O)CNC(=O)C(CCCN)NC(=O)CN)C(=O)NCC(=O)NC(CO)C(=O)NCC(=O)NC(Cc1c[nH]c2ccccc12)C(=O)O. The van der Waals surface area contributed by atoms with Crippen LogP contribution in [0.4, 0.5) is 0 Å². The number of amides is 7. The number of fused-ring (bicyclic) bond motifs is 1. The van der Waals surface area contributed by atoms with Crippen LogP contribution in [0.2, 0.25) is 0 Å². The minimum Gasteiger partial charge on any atom is -0.480 e. The number of guanidine groups is 1. The lowest BCUT2D eigenvalue weighted by atomic mass is 10.0. The highest BCUT2D eigenvalue weighted by Gasteiger charge is 2.26. The predicted octanol–water partition coefficient (Wildman–Crippen LogP) is -5.96. The molecule has 0 fully saturated rings. The van der Waals surface area contributed by atoms with Gasteiger partial charge in [0.05, 0.1) is 32.8 Å². The number of H-pyrrole nitrogens is 1. The first-order valence-corrected chi connectivity index (χ1v) is 17.6. The Morgan fingerprint density at radius 1 is 0.696 bits per heavy atom. The van der Waals surface area contributed by atoms with E-state index in [1.807, 2.05) is 12.1 Å². The second kappa shape index (κ2) is 24.2. The summed E-state index contributed by atoms with van der Waals surface area (Å²) in [4.78, 5) is 103. The van der Waals surface area contributed by atoms with Crippen LogP contribution in [0, 0.1) is 5.41 Å². The molecule has 1 aromatic heterocycles. The Hall–Kier alpha value is -6.33. The van der Waals surface area contributed by atoms with Crippen molar-refractivity contribution >= 4 is 64.2 Å². The van der Waals surface area contributed by atoms with E-state index in [0.29, 0.717) is 12.0 Å². The van der Waals surface area contributed by atoms with Crippen LogP contribution >= 0.6 is 0 Å². The van der Waals surface area contributed by atoms with Crippen LogP contribution in [0.5, 0.6) is 0 Å². The van der Waals surface area contributed by atoms with Crippen molar-refractivity contribution in [2.45, 2.75) is 56.3 Å². The van der Waals surface area contributed by atoms with Crippen LogP contribution in [0.25, 0.3) is 10.9 Å². The number of carbonyl (C=O) groups excluding carboxylic acids is 7. The number of aromatic amines is 1. The highest BCUT2D eigenvalue weighted by atomic mass is 16.4. The van der Waals surface area contributed by atoms with Gasteiger partial charge in [0.25, 0.3) is 0 Å². The van der Waals surface area contributed by atoms with Gasteiger partial charge in [-0.25, -0.2) is 4.79 Å². The third kappa shape index (κ3) is 16.4. The monoisotopic (exact) mass is 789 g/mol. The van der Waals surface area contributed by atoms with Gasteiger partial charge in [0.2, 0.25) is 41.4 Å². The summed E-state index contributed by atoms with van der Waals surface area (Å²) < 4.78 is 0. The van der Waals surface area contributed by atoms with Crippen LogP contribution in [-0.2, 0) is 44.8 Å². The predicted molar refractivity (Wildman–Crippen MR) is 200 cm³/mol. The molecule has 1 heterocycles. The summed E-state index contributed by atoms with van der Waals surface area (Å²) in [7, 11) is 0. The number of benzene rings is 1. The van der Waals surface area contributed by atoms with Crippen molar-refractivity contribution in [2.75, 3.05) is 45.9 Å². The lowest BCUT2D eigenvalue weighted by molar-refractivity contribution is -0.141. The van der Waals surface area contributed by atoms with Crippen LogP contribution in [-0.4, -0.2) is 139 Å². The van der Waals surface area contributed by atoms with Crippen molar-refractivity contribution in [1.29, 1.82) is 5.41 Å². The van der Waals surface area contributed by atoms with E-state index in [1.165, 1.54) is 0 Å². The fourth-order valence-corrected chi connectivity index (χ4v) is 5.16. The zero-order valence-electron chi connectivity index (χ0n) is 30.6. The Labute approximate surface area is 320 Å². The Balaban J connectivity index is 1.91. The van der Waals surface area contributed by atoms with E-state index < -0.39 is 97.7 Å². The number of hydrogen-bond donors (Lipinski definition) is 15. The van der Waals surface area contributed by atoms with Gasteiger partial charge in [-0.1, -0.05) is 18.2 Å². The number of hydrogen-bond acceptors (Lipinski definition) is 12. The number of carbonyl (C=O) groups is 8. The number of nitrogens with one attached hydrogen (secondary N) is 10. The average molecular weight is 790 g/mol. The molecule has 2 aromatic rings. The number of aromatic nitrogens is 1. The molecule has 0 aliphatic heterocycles. The molecule has 23 nitrogen and oxygen atoms in total. The molecule has 18 N–H and O–H groups in total. The van der Waals surface area contributed by atoms with Crippen molar-refractivity contribution < 1.29 is 48.6 Å². The summed E-state index contributed by atoms with van der Waals surface area (Å²) in [5.74, 6) is -7.30. The summed E-state index contributed by atoms with van der Waals surface area (Å²) in [5, 5.41) is 46.3. The zero-order valence-corrected chi connectivity index (χ0v) is 30.6. The van der Waals surface area contributed by atoms with E-state index in [0.717, 1.165) is 10.9 Å². The zero-order chi connectivity index (χ0) is 41.6. The number of rotatable bonds is 25. The molecule has 0 bridgehead atoms. The number of para-hydroxylation sites is 1. The average Bonchev–Trinajstić information content (AvgIpc) is 3.58. The first-order valence-electron chi connectivity index (χ1n) is 17.6. The van der Waals surface area contributed by atoms with Crippen LogP contribution in [0.3, 0.4) is 0 Å². The minimum atomic E-state index is -1.56. The first kappa shape index (κ1) is 45.8. The van der Waals surface area contributed by atoms with Crippen molar-refractivity contribution in [3.05, 3.63) is 36.0 Å². The maximum absolute atomic E-state index is 13.0. The molecule has 0 saturated heterocycles. The van der Waals surface area contributed by atoms with E-state index >= 15 is 0 Å². The lowest BCUT2D eigenvalue weighted by Gasteiger charge is -2.21. The molecule has 56 heavy (non-hydrogen) atoms. The standard InChI is InChI=1S/C33H51N13O10/c34-9-3-7-21(43-25(48)12-35)29(52)40-14-26(49)44-22(8-4-10-38-33(36)37)30(53)41-16-28(51)46-24(17-47)31(54)42-15-27(50)45-23(32(55)56)11-18-13-39-20-6-2-1-5-19(18)20/h1-2,5-6,13,21-24,39,47H,3-4,7-12,14-17,34-35H2,(H,40,52)(H,41,53)(H,42,54)(H,43,48)(H,44,49)(H,45,50)(H,46,51)(H,55,56)(H4,36,37,38). The molecule has 0 spiro atoms. The van der Waals surface area contributed by atoms with Gasteiger partial charge in [-0.15, -0.1) is 0 Å². The number of aliphatic carboxylic acids is 1. The highest BCUT2D eigenvalue weighted by molar-refractivity contribution is 5.95. The molecule has 4 atom stereocenters. The highest BCUT2D eigenvalue weighted by Crippen LogP contribution is 2.19. The smallest absolute Gasteiger partial charge is 0.326 e. The number of aliphatic hydroxyl groups is 1. The molecule has 4 unspecified atom stereocenters. The quantitative estimate of drug-likeness (QED) is 0.0253. The van der Waals surface area contributed by atoms with Gasteiger partial charge < -0.3 is 74.9 Å². The molecule has 2 rings (SSSR count). The molecule has 23 heteroatoms. The van der Waals surface area contributed by atoms with Crippen molar-refractivity contribution in [3.8, 4) is 0 Å². The molecule has 0 saturated carbocycles. The summed E-state index contributed by atoms with van der Waals surface area (Å²) in [6, 6.07) is 2.06. The fraction of sp³-hybridized carbons (Fsp3) is 0.485. The number of nitrogens with two attached hydrogens (primary N) is 3. The largest absolute Gasteiger partial charge is 0.480 e. The molecule has 1 aromatic carbocycles. The number of carboxylic acid groups (broad SMARTS) is 1. The van der Waals surface area contributed by atoms with Gasteiger partial charge >= 0.3 is 5.97 Å². The van der Waals surface area contributed by atoms with Crippen molar-refractivity contribution in [2.24, 2.45) is 17.2 Å². The van der Waals surface area contributed by atoms with Gasteiger partial charge in [-0.05, 0) is 43.9 Å². The molecule has 0 aliphatic carbocycles. The minimum absolute atomic E-state index is 0.00659.